The van der Waals surface area contributed by atoms with E-state index in [1.54, 1.807) is 23.9 Å². The van der Waals surface area contributed by atoms with Crippen LogP contribution in [0.2, 0.25) is 0 Å². The summed E-state index contributed by atoms with van der Waals surface area (Å²) in [5.41, 5.74) is 0.936. The summed E-state index contributed by atoms with van der Waals surface area (Å²) in [6.07, 6.45) is 1.94. The Morgan fingerprint density at radius 3 is 2.72 bits per heavy atom. The van der Waals surface area contributed by atoms with Gasteiger partial charge in [0.1, 0.15) is 0 Å². The van der Waals surface area contributed by atoms with Gasteiger partial charge in [0.2, 0.25) is 10.0 Å². The van der Waals surface area contributed by atoms with E-state index in [1.165, 1.54) is 0 Å². The average Bonchev–Trinajstić information content (AvgIpc) is 2.32. The Hall–Kier alpha value is -0.0800. The zero-order chi connectivity index (χ0) is 13.6. The lowest BCUT2D eigenvalue weighted by Crippen LogP contribution is -2.26. The molecule has 0 saturated heterocycles. The molecule has 1 rings (SSSR count). The van der Waals surface area contributed by atoms with Crippen molar-refractivity contribution in [2.45, 2.75) is 11.4 Å². The van der Waals surface area contributed by atoms with Crippen LogP contribution in [-0.2, 0) is 16.6 Å². The molecule has 0 amide bonds. The molecule has 1 aromatic rings. The van der Waals surface area contributed by atoms with Gasteiger partial charge in [-0.2, -0.15) is 11.8 Å². The van der Waals surface area contributed by atoms with E-state index in [-0.39, 0.29) is 4.90 Å². The normalized spacial score (nSPS) is 11.7. The van der Waals surface area contributed by atoms with Crippen LogP contribution in [0.4, 0.5) is 0 Å². The van der Waals surface area contributed by atoms with Crippen molar-refractivity contribution in [1.29, 1.82) is 0 Å². The smallest absolute Gasteiger partial charge is 0.241 e. The van der Waals surface area contributed by atoms with Gasteiger partial charge in [0, 0.05) is 23.3 Å². The molecule has 0 unspecified atom stereocenters. The second kappa shape index (κ2) is 7.49. The Bertz CT molecular complexity index is 492. The fourth-order valence-electron chi connectivity index (χ4n) is 1.42. The lowest BCUT2D eigenvalue weighted by Gasteiger charge is -2.10. The van der Waals surface area contributed by atoms with Crippen LogP contribution in [0.3, 0.4) is 0 Å². The summed E-state index contributed by atoms with van der Waals surface area (Å²) in [4.78, 5) is 0.288. The Kier molecular flexibility index (Phi) is 6.65. The first-order chi connectivity index (χ1) is 8.51. The van der Waals surface area contributed by atoms with Crippen molar-refractivity contribution < 1.29 is 8.42 Å². The number of halogens is 1. The molecule has 0 aliphatic heterocycles. The van der Waals surface area contributed by atoms with Crippen molar-refractivity contribution in [2.75, 3.05) is 25.6 Å². The lowest BCUT2D eigenvalue weighted by atomic mass is 10.2. The van der Waals surface area contributed by atoms with Crippen molar-refractivity contribution in [3.8, 4) is 0 Å². The summed E-state index contributed by atoms with van der Waals surface area (Å²) in [5, 5.41) is 3.00. The maximum Gasteiger partial charge on any atom is 0.241 e. The van der Waals surface area contributed by atoms with Gasteiger partial charge in [-0.05, 0) is 46.9 Å². The second-order valence-electron chi connectivity index (χ2n) is 3.69. The minimum absolute atomic E-state index is 0.288. The number of benzene rings is 1. The van der Waals surface area contributed by atoms with E-state index in [1.807, 2.05) is 19.4 Å². The van der Waals surface area contributed by atoms with Crippen LogP contribution >= 0.6 is 27.7 Å². The Labute approximate surface area is 121 Å². The lowest BCUT2D eigenvalue weighted by molar-refractivity contribution is 0.583. The molecule has 0 spiro atoms. The summed E-state index contributed by atoms with van der Waals surface area (Å²) < 4.78 is 27.4. The SMILES string of the molecule is CNCc1ccc(Br)c(S(=O)(=O)NCCSC)c1. The van der Waals surface area contributed by atoms with Gasteiger partial charge in [-0.1, -0.05) is 6.07 Å². The molecule has 0 heterocycles. The Balaban J connectivity index is 2.95. The van der Waals surface area contributed by atoms with Gasteiger partial charge in [0.05, 0.1) is 4.90 Å². The summed E-state index contributed by atoms with van der Waals surface area (Å²) >= 11 is 4.89. The van der Waals surface area contributed by atoms with E-state index < -0.39 is 10.0 Å². The van der Waals surface area contributed by atoms with Crippen LogP contribution < -0.4 is 10.0 Å². The van der Waals surface area contributed by atoms with E-state index >= 15 is 0 Å². The first kappa shape index (κ1) is 16.0. The number of sulfonamides is 1. The van der Waals surface area contributed by atoms with E-state index in [0.29, 0.717) is 17.6 Å². The highest BCUT2D eigenvalue weighted by Gasteiger charge is 2.17. The predicted molar refractivity (Wildman–Crippen MR) is 80.5 cm³/mol. The van der Waals surface area contributed by atoms with Crippen LogP contribution in [0, 0.1) is 0 Å². The van der Waals surface area contributed by atoms with Crippen LogP contribution in [0.25, 0.3) is 0 Å². The first-order valence-corrected chi connectivity index (χ1v) is 9.10. The second-order valence-corrected chi connectivity index (χ2v) is 7.26. The van der Waals surface area contributed by atoms with Crippen molar-refractivity contribution >= 4 is 37.7 Å². The number of rotatable bonds is 7. The fraction of sp³-hybridized carbons (Fsp3) is 0.455. The molecule has 2 N–H and O–H groups in total. The number of hydrogen-bond acceptors (Lipinski definition) is 4. The predicted octanol–water partition coefficient (Wildman–Crippen LogP) is 1.81. The molecule has 0 atom stereocenters. The highest BCUT2D eigenvalue weighted by molar-refractivity contribution is 9.10. The molecular formula is C11H17BrN2O2S2. The van der Waals surface area contributed by atoms with Gasteiger partial charge in [-0.25, -0.2) is 13.1 Å². The summed E-state index contributed by atoms with van der Waals surface area (Å²) in [6.45, 7) is 1.08. The molecule has 0 aliphatic rings. The third-order valence-electron chi connectivity index (χ3n) is 2.26. The van der Waals surface area contributed by atoms with Crippen molar-refractivity contribution in [2.24, 2.45) is 0 Å². The van der Waals surface area contributed by atoms with Crippen LogP contribution in [0.15, 0.2) is 27.6 Å². The molecule has 0 aromatic heterocycles. The maximum atomic E-state index is 12.1. The maximum absolute atomic E-state index is 12.1. The van der Waals surface area contributed by atoms with Crippen molar-refractivity contribution in [3.63, 3.8) is 0 Å². The quantitative estimate of drug-likeness (QED) is 0.734. The van der Waals surface area contributed by atoms with E-state index in [9.17, 15) is 8.42 Å². The van der Waals surface area contributed by atoms with E-state index in [0.717, 1.165) is 11.3 Å². The monoisotopic (exact) mass is 352 g/mol. The third-order valence-corrected chi connectivity index (χ3v) is 5.33. The summed E-state index contributed by atoms with van der Waals surface area (Å²) in [5.74, 6) is 0.757. The molecule has 1 aromatic carbocycles. The molecule has 4 nitrogen and oxygen atoms in total. The molecular weight excluding hydrogens is 336 g/mol. The van der Waals surface area contributed by atoms with Gasteiger partial charge >= 0.3 is 0 Å². The van der Waals surface area contributed by atoms with E-state index in [4.69, 9.17) is 0 Å². The molecule has 0 radical (unpaired) electrons. The largest absolute Gasteiger partial charge is 0.316 e. The van der Waals surface area contributed by atoms with Crippen LogP contribution in [0.5, 0.6) is 0 Å². The van der Waals surface area contributed by atoms with Crippen molar-refractivity contribution in [3.05, 3.63) is 28.2 Å². The van der Waals surface area contributed by atoms with Gasteiger partial charge in [-0.3, -0.25) is 0 Å². The topological polar surface area (TPSA) is 58.2 Å². The molecule has 102 valence electrons. The fourth-order valence-corrected chi connectivity index (χ4v) is 3.90. The van der Waals surface area contributed by atoms with E-state index in [2.05, 4.69) is 26.0 Å². The third kappa shape index (κ3) is 4.55. The van der Waals surface area contributed by atoms with Gasteiger partial charge in [-0.15, -0.1) is 0 Å². The Morgan fingerprint density at radius 1 is 1.39 bits per heavy atom. The zero-order valence-electron chi connectivity index (χ0n) is 10.4. The highest BCUT2D eigenvalue weighted by Crippen LogP contribution is 2.23. The van der Waals surface area contributed by atoms with Crippen LogP contribution in [-0.4, -0.2) is 34.0 Å². The molecule has 7 heteroatoms. The number of nitrogens with one attached hydrogen (secondary N) is 2. The standard InChI is InChI=1S/C11H17BrN2O2S2/c1-13-8-9-3-4-10(12)11(7-9)18(15,16)14-5-6-17-2/h3-4,7,13-14H,5-6,8H2,1-2H3. The molecule has 0 aliphatic carbocycles. The van der Waals surface area contributed by atoms with Crippen molar-refractivity contribution in [1.82, 2.24) is 10.0 Å². The number of hydrogen-bond donors (Lipinski definition) is 2. The summed E-state index contributed by atoms with van der Waals surface area (Å²) in [6, 6.07) is 5.33. The zero-order valence-corrected chi connectivity index (χ0v) is 13.6. The number of thioether (sulfide) groups is 1. The van der Waals surface area contributed by atoms with Gasteiger partial charge in [0.25, 0.3) is 0 Å². The molecule has 18 heavy (non-hydrogen) atoms. The molecule has 0 saturated carbocycles. The summed E-state index contributed by atoms with van der Waals surface area (Å²) in [7, 11) is -1.62. The van der Waals surface area contributed by atoms with Crippen LogP contribution in [0.1, 0.15) is 5.56 Å². The molecule has 0 fully saturated rings. The molecule has 0 bridgehead atoms. The minimum Gasteiger partial charge on any atom is -0.316 e. The highest BCUT2D eigenvalue weighted by atomic mass is 79.9. The minimum atomic E-state index is -3.44. The average molecular weight is 353 g/mol. The van der Waals surface area contributed by atoms with Gasteiger partial charge in [0.15, 0.2) is 0 Å². The Morgan fingerprint density at radius 2 is 2.11 bits per heavy atom. The van der Waals surface area contributed by atoms with Gasteiger partial charge < -0.3 is 5.32 Å². The first-order valence-electron chi connectivity index (χ1n) is 5.43.